The molecule has 0 saturated heterocycles. The summed E-state index contributed by atoms with van der Waals surface area (Å²) >= 11 is 1.71. The number of aryl methyl sites for hydroxylation is 1. The first-order valence-corrected chi connectivity index (χ1v) is 7.90. The Hall–Kier alpha value is -2.27. The maximum atomic E-state index is 5.33. The van der Waals surface area contributed by atoms with Crippen molar-refractivity contribution in [1.29, 1.82) is 0 Å². The van der Waals surface area contributed by atoms with Gasteiger partial charge in [0.1, 0.15) is 5.75 Å². The van der Waals surface area contributed by atoms with Crippen LogP contribution >= 0.6 is 11.8 Å². The second kappa shape index (κ2) is 6.66. The van der Waals surface area contributed by atoms with Gasteiger partial charge in [0.25, 0.3) is 5.89 Å². The molecule has 0 N–H and O–H groups in total. The molecule has 1 heterocycles. The highest BCUT2D eigenvalue weighted by Gasteiger charge is 2.09. The minimum absolute atomic E-state index is 0.531. The summed E-state index contributed by atoms with van der Waals surface area (Å²) in [5.41, 5.74) is 2.15. The van der Waals surface area contributed by atoms with Gasteiger partial charge >= 0.3 is 0 Å². The predicted molar refractivity (Wildman–Crippen MR) is 87.0 cm³/mol. The highest BCUT2D eigenvalue weighted by Crippen LogP contribution is 2.26. The summed E-state index contributed by atoms with van der Waals surface area (Å²) in [4.78, 5) is 5.68. The van der Waals surface area contributed by atoms with Gasteiger partial charge in [0.15, 0.2) is 5.82 Å². The van der Waals surface area contributed by atoms with E-state index in [9.17, 15) is 0 Å². The van der Waals surface area contributed by atoms with Crippen LogP contribution in [0.25, 0.3) is 11.5 Å². The normalized spacial score (nSPS) is 10.6. The Morgan fingerprint density at radius 1 is 1.09 bits per heavy atom. The molecule has 0 amide bonds. The fourth-order valence-electron chi connectivity index (χ4n) is 2.02. The zero-order chi connectivity index (χ0) is 15.4. The Bertz CT molecular complexity index is 753. The molecular weight excluding hydrogens is 296 g/mol. The van der Waals surface area contributed by atoms with Crippen LogP contribution in [0.1, 0.15) is 11.4 Å². The molecule has 3 rings (SSSR count). The second-order valence-corrected chi connectivity index (χ2v) is 5.82. The standard InChI is InChI=1S/C17H16N2O2S/c1-12-5-3-4-6-15(12)22-11-16-18-17(21-19-16)13-7-9-14(20-2)10-8-13/h3-10H,11H2,1-2H3. The van der Waals surface area contributed by atoms with Gasteiger partial charge in [-0.2, -0.15) is 4.98 Å². The molecule has 5 heteroatoms. The average molecular weight is 312 g/mol. The van der Waals surface area contributed by atoms with Gasteiger partial charge in [-0.3, -0.25) is 0 Å². The van der Waals surface area contributed by atoms with Crippen molar-refractivity contribution in [2.45, 2.75) is 17.6 Å². The van der Waals surface area contributed by atoms with E-state index in [0.717, 1.165) is 11.3 Å². The van der Waals surface area contributed by atoms with Crippen LogP contribution in [0.4, 0.5) is 0 Å². The number of ether oxygens (including phenoxy) is 1. The van der Waals surface area contributed by atoms with E-state index in [0.29, 0.717) is 17.5 Å². The summed E-state index contributed by atoms with van der Waals surface area (Å²) in [5.74, 6) is 2.71. The summed E-state index contributed by atoms with van der Waals surface area (Å²) in [6.07, 6.45) is 0. The predicted octanol–water partition coefficient (Wildman–Crippen LogP) is 4.35. The Labute approximate surface area is 133 Å². The van der Waals surface area contributed by atoms with Gasteiger partial charge in [-0.25, -0.2) is 0 Å². The molecule has 0 radical (unpaired) electrons. The molecule has 0 fully saturated rings. The van der Waals surface area contributed by atoms with Gasteiger partial charge in [0.2, 0.25) is 0 Å². The monoisotopic (exact) mass is 312 g/mol. The van der Waals surface area contributed by atoms with Gasteiger partial charge < -0.3 is 9.26 Å². The Morgan fingerprint density at radius 3 is 2.59 bits per heavy atom. The molecule has 1 aromatic heterocycles. The van der Waals surface area contributed by atoms with E-state index in [-0.39, 0.29) is 0 Å². The molecule has 0 aliphatic rings. The van der Waals surface area contributed by atoms with Crippen LogP contribution in [-0.2, 0) is 5.75 Å². The summed E-state index contributed by atoms with van der Waals surface area (Å²) in [5, 5.41) is 4.04. The maximum absolute atomic E-state index is 5.33. The Morgan fingerprint density at radius 2 is 1.86 bits per heavy atom. The number of aromatic nitrogens is 2. The molecule has 0 unspecified atom stereocenters. The SMILES string of the molecule is COc1ccc(-c2nc(CSc3ccccc3C)no2)cc1. The molecule has 0 spiro atoms. The molecule has 0 saturated carbocycles. The van der Waals surface area contributed by atoms with Crippen molar-refractivity contribution < 1.29 is 9.26 Å². The van der Waals surface area contributed by atoms with Crippen molar-refractivity contribution in [3.8, 4) is 17.2 Å². The molecule has 0 aliphatic carbocycles. The lowest BCUT2D eigenvalue weighted by Crippen LogP contribution is -1.86. The fourth-order valence-corrected chi connectivity index (χ4v) is 2.90. The molecule has 22 heavy (non-hydrogen) atoms. The summed E-state index contributed by atoms with van der Waals surface area (Å²) in [7, 11) is 1.64. The lowest BCUT2D eigenvalue weighted by Gasteiger charge is -2.02. The first-order chi connectivity index (χ1) is 10.8. The molecule has 2 aromatic carbocycles. The van der Waals surface area contributed by atoms with E-state index in [4.69, 9.17) is 9.26 Å². The minimum atomic E-state index is 0.531. The van der Waals surface area contributed by atoms with Gasteiger partial charge in [0, 0.05) is 10.5 Å². The number of hydrogen-bond donors (Lipinski definition) is 0. The zero-order valence-electron chi connectivity index (χ0n) is 12.4. The van der Waals surface area contributed by atoms with Crippen LogP contribution in [0.5, 0.6) is 5.75 Å². The van der Waals surface area contributed by atoms with E-state index < -0.39 is 0 Å². The molecule has 0 aliphatic heterocycles. The third-order valence-electron chi connectivity index (χ3n) is 3.26. The lowest BCUT2D eigenvalue weighted by molar-refractivity contribution is 0.414. The number of thioether (sulfide) groups is 1. The third kappa shape index (κ3) is 3.31. The van der Waals surface area contributed by atoms with Gasteiger partial charge in [-0.05, 0) is 42.8 Å². The van der Waals surface area contributed by atoms with Crippen LogP contribution in [0.2, 0.25) is 0 Å². The zero-order valence-corrected chi connectivity index (χ0v) is 13.3. The van der Waals surface area contributed by atoms with Crippen molar-refractivity contribution in [2.24, 2.45) is 0 Å². The van der Waals surface area contributed by atoms with E-state index in [1.54, 1.807) is 18.9 Å². The Balaban J connectivity index is 1.69. The first-order valence-electron chi connectivity index (χ1n) is 6.91. The summed E-state index contributed by atoms with van der Waals surface area (Å²) < 4.78 is 10.5. The smallest absolute Gasteiger partial charge is 0.257 e. The highest BCUT2D eigenvalue weighted by molar-refractivity contribution is 7.98. The van der Waals surface area contributed by atoms with Crippen molar-refractivity contribution in [3.63, 3.8) is 0 Å². The van der Waals surface area contributed by atoms with E-state index in [1.807, 2.05) is 36.4 Å². The highest BCUT2D eigenvalue weighted by atomic mass is 32.2. The number of benzene rings is 2. The van der Waals surface area contributed by atoms with Gasteiger partial charge in [-0.1, -0.05) is 23.4 Å². The molecule has 0 atom stereocenters. The number of rotatable bonds is 5. The quantitative estimate of drug-likeness (QED) is 0.656. The van der Waals surface area contributed by atoms with Crippen LogP contribution in [0.3, 0.4) is 0 Å². The van der Waals surface area contributed by atoms with Gasteiger partial charge in [-0.15, -0.1) is 11.8 Å². The topological polar surface area (TPSA) is 48.2 Å². The molecule has 4 nitrogen and oxygen atoms in total. The van der Waals surface area contributed by atoms with Crippen molar-refractivity contribution in [1.82, 2.24) is 10.1 Å². The fraction of sp³-hybridized carbons (Fsp3) is 0.176. The van der Waals surface area contributed by atoms with E-state index in [2.05, 4.69) is 29.2 Å². The van der Waals surface area contributed by atoms with Crippen LogP contribution in [-0.4, -0.2) is 17.3 Å². The van der Waals surface area contributed by atoms with E-state index >= 15 is 0 Å². The van der Waals surface area contributed by atoms with E-state index in [1.165, 1.54) is 10.5 Å². The van der Waals surface area contributed by atoms with Crippen LogP contribution in [0, 0.1) is 6.92 Å². The van der Waals surface area contributed by atoms with Crippen molar-refractivity contribution >= 4 is 11.8 Å². The second-order valence-electron chi connectivity index (χ2n) is 4.80. The van der Waals surface area contributed by atoms with Gasteiger partial charge in [0.05, 0.1) is 12.9 Å². The number of methoxy groups -OCH3 is 1. The van der Waals surface area contributed by atoms with Crippen LogP contribution in [0.15, 0.2) is 57.9 Å². The molecule has 3 aromatic rings. The largest absolute Gasteiger partial charge is 0.497 e. The van der Waals surface area contributed by atoms with Crippen molar-refractivity contribution in [2.75, 3.05) is 7.11 Å². The number of hydrogen-bond acceptors (Lipinski definition) is 5. The van der Waals surface area contributed by atoms with Crippen molar-refractivity contribution in [3.05, 3.63) is 59.9 Å². The summed E-state index contributed by atoms with van der Waals surface area (Å²) in [6.45, 7) is 2.10. The molecule has 112 valence electrons. The lowest BCUT2D eigenvalue weighted by atomic mass is 10.2. The summed E-state index contributed by atoms with van der Waals surface area (Å²) in [6, 6.07) is 15.8. The Kier molecular flexibility index (Phi) is 4.44. The molecule has 0 bridgehead atoms. The average Bonchev–Trinajstić information content (AvgIpc) is 3.03. The molecular formula is C17H16N2O2S. The third-order valence-corrected chi connectivity index (χ3v) is 4.43. The maximum Gasteiger partial charge on any atom is 0.257 e. The van der Waals surface area contributed by atoms with Crippen LogP contribution < -0.4 is 4.74 Å². The number of nitrogens with zero attached hydrogens (tertiary/aromatic N) is 2. The minimum Gasteiger partial charge on any atom is -0.497 e. The first kappa shape index (κ1) is 14.7.